The fourth-order valence-electron chi connectivity index (χ4n) is 2.39. The van der Waals surface area contributed by atoms with Crippen LogP contribution < -0.4 is 4.90 Å². The van der Waals surface area contributed by atoms with Gasteiger partial charge in [0.2, 0.25) is 0 Å². The van der Waals surface area contributed by atoms with E-state index in [1.165, 1.54) is 29.7 Å². The highest BCUT2D eigenvalue weighted by Crippen LogP contribution is 2.32. The monoisotopic (exact) mass is 329 g/mol. The van der Waals surface area contributed by atoms with Gasteiger partial charge >= 0.3 is 5.97 Å². The van der Waals surface area contributed by atoms with Crippen LogP contribution in [0.3, 0.4) is 0 Å². The number of nitrogens with zero attached hydrogens (tertiary/aromatic N) is 3. The number of anilines is 1. The van der Waals surface area contributed by atoms with Gasteiger partial charge in [-0.1, -0.05) is 11.3 Å². The van der Waals surface area contributed by atoms with Crippen LogP contribution in [-0.4, -0.2) is 35.1 Å². The standard InChI is InChI=1S/C16H12FN3O2S/c17-11-3-4-13-14(6-11)23-16(19-13)20-8-12(9-20)22-15(21)10-2-1-5-18-7-10/h1-7,12H,8-9H2. The van der Waals surface area contributed by atoms with Gasteiger partial charge in [0.05, 0.1) is 28.9 Å². The summed E-state index contributed by atoms with van der Waals surface area (Å²) in [4.78, 5) is 22.3. The van der Waals surface area contributed by atoms with Gasteiger partial charge in [-0.2, -0.15) is 0 Å². The first kappa shape index (κ1) is 14.1. The van der Waals surface area contributed by atoms with Crippen LogP contribution in [0.5, 0.6) is 0 Å². The second kappa shape index (κ2) is 5.58. The molecule has 116 valence electrons. The Morgan fingerprint density at radius 3 is 3.00 bits per heavy atom. The smallest absolute Gasteiger partial charge is 0.340 e. The summed E-state index contributed by atoms with van der Waals surface area (Å²) in [6.45, 7) is 1.18. The molecule has 0 unspecified atom stereocenters. The molecular formula is C16H12FN3O2S. The molecule has 0 bridgehead atoms. The Labute approximate surface area is 135 Å². The van der Waals surface area contributed by atoms with Gasteiger partial charge in [0.1, 0.15) is 11.9 Å². The Morgan fingerprint density at radius 1 is 1.35 bits per heavy atom. The lowest BCUT2D eigenvalue weighted by Crippen LogP contribution is -2.53. The third kappa shape index (κ3) is 2.75. The van der Waals surface area contributed by atoms with Crippen LogP contribution in [0.4, 0.5) is 9.52 Å². The van der Waals surface area contributed by atoms with Crippen molar-refractivity contribution < 1.29 is 13.9 Å². The van der Waals surface area contributed by atoms with E-state index < -0.39 is 0 Å². The molecular weight excluding hydrogens is 317 g/mol. The summed E-state index contributed by atoms with van der Waals surface area (Å²) in [5.74, 6) is -0.631. The highest BCUT2D eigenvalue weighted by molar-refractivity contribution is 7.22. The number of carbonyl (C=O) groups excluding carboxylic acids is 1. The molecule has 1 fully saturated rings. The number of esters is 1. The summed E-state index contributed by atoms with van der Waals surface area (Å²) in [7, 11) is 0. The van der Waals surface area contributed by atoms with Gasteiger partial charge in [0.25, 0.3) is 0 Å². The summed E-state index contributed by atoms with van der Waals surface area (Å²) < 4.78 is 19.4. The van der Waals surface area contributed by atoms with Crippen LogP contribution in [0.15, 0.2) is 42.7 Å². The van der Waals surface area contributed by atoms with Crippen LogP contribution >= 0.6 is 11.3 Å². The fourth-order valence-corrected chi connectivity index (χ4v) is 3.40. The van der Waals surface area contributed by atoms with Crippen molar-refractivity contribution in [1.29, 1.82) is 0 Å². The molecule has 0 radical (unpaired) electrons. The second-order valence-corrected chi connectivity index (χ2v) is 6.29. The van der Waals surface area contributed by atoms with E-state index in [0.717, 1.165) is 15.3 Å². The minimum Gasteiger partial charge on any atom is -0.455 e. The van der Waals surface area contributed by atoms with E-state index in [1.54, 1.807) is 24.4 Å². The SMILES string of the molecule is O=C(OC1CN(c2nc3ccc(F)cc3s2)C1)c1cccnc1. The third-order valence-electron chi connectivity index (χ3n) is 3.63. The number of carbonyl (C=O) groups is 1. The molecule has 5 nitrogen and oxygen atoms in total. The molecule has 0 aliphatic carbocycles. The van der Waals surface area contributed by atoms with E-state index in [0.29, 0.717) is 18.7 Å². The van der Waals surface area contributed by atoms with Gasteiger partial charge in [-0.15, -0.1) is 0 Å². The Bertz CT molecular complexity index is 862. The van der Waals surface area contributed by atoms with Crippen LogP contribution in [-0.2, 0) is 4.74 Å². The lowest BCUT2D eigenvalue weighted by Gasteiger charge is -2.38. The lowest BCUT2D eigenvalue weighted by molar-refractivity contribution is 0.0234. The number of pyridine rings is 1. The number of hydrogen-bond donors (Lipinski definition) is 0. The van der Waals surface area contributed by atoms with E-state index in [1.807, 2.05) is 4.90 Å². The van der Waals surface area contributed by atoms with Crippen LogP contribution in [0.1, 0.15) is 10.4 Å². The predicted octanol–water partition coefficient (Wildman–Crippen LogP) is 2.88. The maximum atomic E-state index is 13.2. The normalized spacial score (nSPS) is 14.7. The average Bonchev–Trinajstić information content (AvgIpc) is 2.93. The number of ether oxygens (including phenoxy) is 1. The number of halogens is 1. The minimum absolute atomic E-state index is 0.161. The Balaban J connectivity index is 1.40. The largest absolute Gasteiger partial charge is 0.455 e. The van der Waals surface area contributed by atoms with Crippen LogP contribution in [0.25, 0.3) is 10.2 Å². The van der Waals surface area contributed by atoms with Gasteiger partial charge in [0, 0.05) is 12.4 Å². The van der Waals surface area contributed by atoms with E-state index in [2.05, 4.69) is 9.97 Å². The first-order valence-electron chi connectivity index (χ1n) is 7.11. The van der Waals surface area contributed by atoms with Crippen molar-refractivity contribution in [2.75, 3.05) is 18.0 Å². The minimum atomic E-state index is -0.367. The highest BCUT2D eigenvalue weighted by Gasteiger charge is 2.32. The van der Waals surface area contributed by atoms with Crippen molar-refractivity contribution in [1.82, 2.24) is 9.97 Å². The van der Waals surface area contributed by atoms with Gasteiger partial charge in [-0.05, 0) is 30.3 Å². The van der Waals surface area contributed by atoms with Crippen molar-refractivity contribution in [2.24, 2.45) is 0 Å². The summed E-state index contributed by atoms with van der Waals surface area (Å²) >= 11 is 1.44. The zero-order valence-electron chi connectivity index (χ0n) is 12.0. The molecule has 0 N–H and O–H groups in total. The molecule has 0 atom stereocenters. The van der Waals surface area contributed by atoms with Crippen molar-refractivity contribution in [3.05, 3.63) is 54.1 Å². The van der Waals surface area contributed by atoms with Gasteiger partial charge < -0.3 is 9.64 Å². The van der Waals surface area contributed by atoms with Crippen molar-refractivity contribution in [3.63, 3.8) is 0 Å². The molecule has 1 saturated heterocycles. The number of hydrogen-bond acceptors (Lipinski definition) is 6. The van der Waals surface area contributed by atoms with E-state index >= 15 is 0 Å². The van der Waals surface area contributed by atoms with Crippen molar-refractivity contribution in [2.45, 2.75) is 6.10 Å². The second-order valence-electron chi connectivity index (χ2n) is 5.28. The maximum absolute atomic E-state index is 13.2. The molecule has 1 aliphatic heterocycles. The van der Waals surface area contributed by atoms with E-state index in [9.17, 15) is 9.18 Å². The Hall–Kier alpha value is -2.54. The third-order valence-corrected chi connectivity index (χ3v) is 4.71. The predicted molar refractivity (Wildman–Crippen MR) is 85.2 cm³/mol. The number of fused-ring (bicyclic) bond motifs is 1. The molecule has 23 heavy (non-hydrogen) atoms. The summed E-state index contributed by atoms with van der Waals surface area (Å²) in [5.41, 5.74) is 1.23. The first-order valence-corrected chi connectivity index (χ1v) is 7.93. The topological polar surface area (TPSA) is 55.3 Å². The molecule has 2 aromatic heterocycles. The van der Waals surface area contributed by atoms with E-state index in [-0.39, 0.29) is 17.9 Å². The molecule has 1 aliphatic rings. The Kier molecular flexibility index (Phi) is 3.42. The highest BCUT2D eigenvalue weighted by atomic mass is 32.1. The molecule has 0 saturated carbocycles. The summed E-state index contributed by atoms with van der Waals surface area (Å²) in [6.07, 6.45) is 2.94. The Morgan fingerprint density at radius 2 is 2.22 bits per heavy atom. The molecule has 4 rings (SSSR count). The molecule has 0 amide bonds. The number of rotatable bonds is 3. The molecule has 0 spiro atoms. The van der Waals surface area contributed by atoms with E-state index in [4.69, 9.17) is 4.74 Å². The maximum Gasteiger partial charge on any atom is 0.340 e. The summed E-state index contributed by atoms with van der Waals surface area (Å²) in [6, 6.07) is 7.93. The first-order chi connectivity index (χ1) is 11.2. The molecule has 3 heterocycles. The molecule has 3 aromatic rings. The van der Waals surface area contributed by atoms with Crippen molar-refractivity contribution in [3.8, 4) is 0 Å². The van der Waals surface area contributed by atoms with Gasteiger partial charge in [-0.25, -0.2) is 14.2 Å². The van der Waals surface area contributed by atoms with Gasteiger partial charge in [0.15, 0.2) is 5.13 Å². The summed E-state index contributed by atoms with van der Waals surface area (Å²) in [5, 5.41) is 0.819. The number of aromatic nitrogens is 2. The number of benzene rings is 1. The number of thiazole rings is 1. The van der Waals surface area contributed by atoms with Gasteiger partial charge in [-0.3, -0.25) is 4.98 Å². The van der Waals surface area contributed by atoms with Crippen LogP contribution in [0.2, 0.25) is 0 Å². The van der Waals surface area contributed by atoms with Crippen LogP contribution in [0, 0.1) is 5.82 Å². The lowest BCUT2D eigenvalue weighted by atomic mass is 10.2. The zero-order valence-corrected chi connectivity index (χ0v) is 12.8. The molecule has 7 heteroatoms. The zero-order chi connectivity index (χ0) is 15.8. The fraction of sp³-hybridized carbons (Fsp3) is 0.188. The van der Waals surface area contributed by atoms with Crippen molar-refractivity contribution >= 4 is 32.7 Å². The average molecular weight is 329 g/mol. The molecule has 1 aromatic carbocycles. The quantitative estimate of drug-likeness (QED) is 0.692.